The summed E-state index contributed by atoms with van der Waals surface area (Å²) in [7, 11) is 1.74. The van der Waals surface area contributed by atoms with Gasteiger partial charge in [-0.2, -0.15) is 9.97 Å². The summed E-state index contributed by atoms with van der Waals surface area (Å²) >= 11 is 6.86. The molecule has 2 heterocycles. The predicted molar refractivity (Wildman–Crippen MR) is 83.1 cm³/mol. The highest BCUT2D eigenvalue weighted by Gasteiger charge is 2.13. The lowest BCUT2D eigenvalue weighted by Gasteiger charge is -2.09. The zero-order valence-corrected chi connectivity index (χ0v) is 13.5. The fourth-order valence-corrected chi connectivity index (χ4v) is 2.78. The highest BCUT2D eigenvalue weighted by atomic mass is 79.9. The van der Waals surface area contributed by atoms with Crippen LogP contribution in [0.25, 0.3) is 11.2 Å². The molecule has 0 aliphatic heterocycles. The van der Waals surface area contributed by atoms with Crippen molar-refractivity contribution >= 4 is 49.0 Å². The molecule has 0 spiro atoms. The van der Waals surface area contributed by atoms with Crippen molar-refractivity contribution in [2.75, 3.05) is 12.4 Å². The van der Waals surface area contributed by atoms with E-state index in [0.29, 0.717) is 28.7 Å². The third kappa shape index (κ3) is 2.48. The van der Waals surface area contributed by atoms with E-state index in [1.165, 1.54) is 0 Å². The molecule has 0 radical (unpaired) electrons. The molecule has 2 aromatic heterocycles. The van der Waals surface area contributed by atoms with Gasteiger partial charge in [-0.25, -0.2) is 4.98 Å². The summed E-state index contributed by atoms with van der Waals surface area (Å²) in [6, 6.07) is 5.64. The van der Waals surface area contributed by atoms with Gasteiger partial charge in [-0.15, -0.1) is 0 Å². The first-order valence-electron chi connectivity index (χ1n) is 5.69. The third-order valence-corrected chi connectivity index (χ3v) is 3.69. The second kappa shape index (κ2) is 5.37. The molecule has 0 aliphatic rings. The van der Waals surface area contributed by atoms with E-state index in [-0.39, 0.29) is 0 Å². The molecule has 3 rings (SSSR count). The summed E-state index contributed by atoms with van der Waals surface area (Å²) in [5.41, 5.74) is 1.20. The molecule has 0 aliphatic carbocycles. The predicted octanol–water partition coefficient (Wildman–Crippen LogP) is 3.71. The SMILES string of the molecule is CNc1nc(Oc2ccc(Br)cc2Br)c2[nH]cnc2n1. The van der Waals surface area contributed by atoms with Crippen LogP contribution < -0.4 is 10.1 Å². The number of ether oxygens (including phenoxy) is 1. The Morgan fingerprint density at radius 3 is 2.85 bits per heavy atom. The largest absolute Gasteiger partial charge is 0.436 e. The second-order valence-corrected chi connectivity index (χ2v) is 5.65. The average Bonchev–Trinajstić information content (AvgIpc) is 2.90. The van der Waals surface area contributed by atoms with Crippen molar-refractivity contribution in [2.45, 2.75) is 0 Å². The average molecular weight is 399 g/mol. The standard InChI is InChI=1S/C12H9Br2N5O/c1-15-12-18-10-9(16-5-17-10)11(19-12)20-8-3-2-6(13)4-7(8)14/h2-5H,1H3,(H2,15,16,17,18,19). The summed E-state index contributed by atoms with van der Waals surface area (Å²) in [6.45, 7) is 0. The number of hydrogen-bond acceptors (Lipinski definition) is 5. The van der Waals surface area contributed by atoms with Gasteiger partial charge in [0.2, 0.25) is 5.95 Å². The zero-order valence-electron chi connectivity index (χ0n) is 10.3. The quantitative estimate of drug-likeness (QED) is 0.703. The van der Waals surface area contributed by atoms with Crippen LogP contribution in [0.1, 0.15) is 0 Å². The lowest BCUT2D eigenvalue weighted by molar-refractivity contribution is 0.465. The Morgan fingerprint density at radius 2 is 2.10 bits per heavy atom. The first-order valence-corrected chi connectivity index (χ1v) is 7.28. The molecule has 6 nitrogen and oxygen atoms in total. The minimum Gasteiger partial charge on any atom is -0.436 e. The molecule has 0 saturated carbocycles. The van der Waals surface area contributed by atoms with Crippen LogP contribution in [-0.2, 0) is 0 Å². The number of rotatable bonds is 3. The number of imidazole rings is 1. The van der Waals surface area contributed by atoms with Crippen LogP contribution in [0.15, 0.2) is 33.5 Å². The van der Waals surface area contributed by atoms with E-state index in [2.05, 4.69) is 57.1 Å². The van der Waals surface area contributed by atoms with Gasteiger partial charge in [-0.05, 0) is 34.1 Å². The van der Waals surface area contributed by atoms with Gasteiger partial charge in [0.05, 0.1) is 10.8 Å². The van der Waals surface area contributed by atoms with Gasteiger partial charge in [0.15, 0.2) is 5.65 Å². The lowest BCUT2D eigenvalue weighted by atomic mass is 10.3. The number of benzene rings is 1. The fourth-order valence-electron chi connectivity index (χ4n) is 1.65. The Balaban J connectivity index is 2.07. The molecule has 3 aromatic rings. The van der Waals surface area contributed by atoms with Crippen LogP contribution in [0, 0.1) is 0 Å². The molecular formula is C12H9Br2N5O. The minimum absolute atomic E-state index is 0.417. The van der Waals surface area contributed by atoms with E-state index in [9.17, 15) is 0 Å². The highest BCUT2D eigenvalue weighted by Crippen LogP contribution is 2.33. The molecule has 0 bridgehead atoms. The topological polar surface area (TPSA) is 75.7 Å². The number of H-pyrrole nitrogens is 1. The molecule has 1 aromatic carbocycles. The fraction of sp³-hybridized carbons (Fsp3) is 0.0833. The van der Waals surface area contributed by atoms with Crippen molar-refractivity contribution in [1.29, 1.82) is 0 Å². The van der Waals surface area contributed by atoms with Gasteiger partial charge in [0, 0.05) is 11.5 Å². The molecule has 20 heavy (non-hydrogen) atoms. The number of nitrogens with one attached hydrogen (secondary N) is 2. The smallest absolute Gasteiger partial charge is 0.250 e. The maximum atomic E-state index is 5.85. The van der Waals surface area contributed by atoms with E-state index in [1.54, 1.807) is 13.4 Å². The summed E-state index contributed by atoms with van der Waals surface area (Å²) < 4.78 is 7.63. The summed E-state index contributed by atoms with van der Waals surface area (Å²) in [6.07, 6.45) is 1.56. The Bertz CT molecular complexity index is 774. The van der Waals surface area contributed by atoms with Crippen molar-refractivity contribution in [2.24, 2.45) is 0 Å². The monoisotopic (exact) mass is 397 g/mol. The Labute approximate surface area is 131 Å². The van der Waals surface area contributed by atoms with Gasteiger partial charge in [0.25, 0.3) is 5.88 Å². The zero-order chi connectivity index (χ0) is 14.1. The van der Waals surface area contributed by atoms with Crippen molar-refractivity contribution in [3.8, 4) is 11.6 Å². The molecule has 0 fully saturated rings. The normalized spacial score (nSPS) is 10.8. The summed E-state index contributed by atoms with van der Waals surface area (Å²) in [4.78, 5) is 15.6. The van der Waals surface area contributed by atoms with E-state index in [1.807, 2.05) is 18.2 Å². The maximum Gasteiger partial charge on any atom is 0.250 e. The van der Waals surface area contributed by atoms with Crippen LogP contribution in [0.2, 0.25) is 0 Å². The highest BCUT2D eigenvalue weighted by molar-refractivity contribution is 9.11. The molecule has 0 saturated heterocycles. The molecular weight excluding hydrogens is 390 g/mol. The van der Waals surface area contributed by atoms with E-state index >= 15 is 0 Å². The first-order chi connectivity index (χ1) is 9.67. The van der Waals surface area contributed by atoms with Crippen LogP contribution in [0.4, 0.5) is 5.95 Å². The number of aromatic nitrogens is 4. The van der Waals surface area contributed by atoms with Crippen LogP contribution in [0.3, 0.4) is 0 Å². The molecule has 102 valence electrons. The number of hydrogen-bond donors (Lipinski definition) is 2. The van der Waals surface area contributed by atoms with Crippen molar-refractivity contribution < 1.29 is 4.74 Å². The third-order valence-electron chi connectivity index (χ3n) is 2.58. The maximum absolute atomic E-state index is 5.85. The van der Waals surface area contributed by atoms with E-state index in [4.69, 9.17) is 4.74 Å². The van der Waals surface area contributed by atoms with Gasteiger partial charge >= 0.3 is 0 Å². The van der Waals surface area contributed by atoms with Crippen molar-refractivity contribution in [1.82, 2.24) is 19.9 Å². The van der Waals surface area contributed by atoms with Crippen molar-refractivity contribution in [3.63, 3.8) is 0 Å². The Morgan fingerprint density at radius 1 is 1.25 bits per heavy atom. The van der Waals surface area contributed by atoms with Gasteiger partial charge < -0.3 is 15.0 Å². The summed E-state index contributed by atoms with van der Waals surface area (Å²) in [5, 5.41) is 2.88. The van der Waals surface area contributed by atoms with E-state index in [0.717, 1.165) is 8.95 Å². The molecule has 0 unspecified atom stereocenters. The lowest BCUT2D eigenvalue weighted by Crippen LogP contribution is -1.99. The Kier molecular flexibility index (Phi) is 3.58. The molecule has 2 N–H and O–H groups in total. The van der Waals surface area contributed by atoms with Crippen LogP contribution in [0.5, 0.6) is 11.6 Å². The van der Waals surface area contributed by atoms with Crippen LogP contribution in [-0.4, -0.2) is 27.0 Å². The number of aromatic amines is 1. The molecule has 0 atom stereocenters. The molecule has 0 amide bonds. The number of anilines is 1. The van der Waals surface area contributed by atoms with E-state index < -0.39 is 0 Å². The number of fused-ring (bicyclic) bond motifs is 1. The van der Waals surface area contributed by atoms with Gasteiger partial charge in [-0.3, -0.25) is 0 Å². The van der Waals surface area contributed by atoms with Crippen molar-refractivity contribution in [3.05, 3.63) is 33.5 Å². The number of halogens is 2. The van der Waals surface area contributed by atoms with Crippen LogP contribution >= 0.6 is 31.9 Å². The Hall–Kier alpha value is -1.67. The number of nitrogens with zero attached hydrogens (tertiary/aromatic N) is 3. The second-order valence-electron chi connectivity index (χ2n) is 3.88. The van der Waals surface area contributed by atoms with Gasteiger partial charge in [-0.1, -0.05) is 15.9 Å². The molecule has 8 heteroatoms. The first kappa shape index (κ1) is 13.3. The summed E-state index contributed by atoms with van der Waals surface area (Å²) in [5.74, 6) is 1.53. The van der Waals surface area contributed by atoms with Gasteiger partial charge in [0.1, 0.15) is 11.3 Å². The minimum atomic E-state index is 0.417.